The molecule has 2 rings (SSSR count). The molecule has 1 aromatic carbocycles. The SMILES string of the molecule is CCCCCc1ccc(NC2CCC(N)C2)cc1. The fourth-order valence-corrected chi connectivity index (χ4v) is 2.73. The van der Waals surface area contributed by atoms with Crippen molar-refractivity contribution in [3.05, 3.63) is 29.8 Å². The van der Waals surface area contributed by atoms with Crippen LogP contribution in [0.4, 0.5) is 5.69 Å². The van der Waals surface area contributed by atoms with E-state index in [1.165, 1.54) is 43.4 Å². The van der Waals surface area contributed by atoms with Crippen LogP contribution >= 0.6 is 0 Å². The normalized spacial score (nSPS) is 23.2. The molecule has 100 valence electrons. The van der Waals surface area contributed by atoms with Gasteiger partial charge in [-0.1, -0.05) is 31.9 Å². The van der Waals surface area contributed by atoms with E-state index in [1.807, 2.05) is 0 Å². The Morgan fingerprint density at radius 1 is 1.17 bits per heavy atom. The number of benzene rings is 1. The van der Waals surface area contributed by atoms with Gasteiger partial charge < -0.3 is 11.1 Å². The van der Waals surface area contributed by atoms with Gasteiger partial charge in [-0.2, -0.15) is 0 Å². The van der Waals surface area contributed by atoms with Gasteiger partial charge >= 0.3 is 0 Å². The van der Waals surface area contributed by atoms with E-state index in [1.54, 1.807) is 0 Å². The van der Waals surface area contributed by atoms with Crippen molar-refractivity contribution >= 4 is 5.69 Å². The lowest BCUT2D eigenvalue weighted by Crippen LogP contribution is -2.20. The molecule has 0 aliphatic heterocycles. The van der Waals surface area contributed by atoms with Crippen LogP contribution in [0.15, 0.2) is 24.3 Å². The highest BCUT2D eigenvalue weighted by molar-refractivity contribution is 5.45. The van der Waals surface area contributed by atoms with Crippen LogP contribution in [0.5, 0.6) is 0 Å². The van der Waals surface area contributed by atoms with E-state index in [9.17, 15) is 0 Å². The quantitative estimate of drug-likeness (QED) is 0.751. The third-order valence-electron chi connectivity index (χ3n) is 3.87. The van der Waals surface area contributed by atoms with Crippen molar-refractivity contribution in [2.24, 2.45) is 5.73 Å². The fourth-order valence-electron chi connectivity index (χ4n) is 2.73. The van der Waals surface area contributed by atoms with E-state index >= 15 is 0 Å². The zero-order valence-electron chi connectivity index (χ0n) is 11.5. The lowest BCUT2D eigenvalue weighted by atomic mass is 10.1. The molecule has 1 aromatic rings. The van der Waals surface area contributed by atoms with Crippen molar-refractivity contribution in [1.82, 2.24) is 0 Å². The van der Waals surface area contributed by atoms with Crippen LogP contribution in [0.25, 0.3) is 0 Å². The van der Waals surface area contributed by atoms with Gasteiger partial charge in [-0.3, -0.25) is 0 Å². The minimum Gasteiger partial charge on any atom is -0.382 e. The number of hydrogen-bond donors (Lipinski definition) is 2. The highest BCUT2D eigenvalue weighted by Crippen LogP contribution is 2.22. The third-order valence-corrected chi connectivity index (χ3v) is 3.87. The first-order chi connectivity index (χ1) is 8.78. The molecule has 0 heterocycles. The van der Waals surface area contributed by atoms with Crippen LogP contribution < -0.4 is 11.1 Å². The first-order valence-corrected chi connectivity index (χ1v) is 7.39. The zero-order valence-corrected chi connectivity index (χ0v) is 11.5. The molecule has 2 heteroatoms. The summed E-state index contributed by atoms with van der Waals surface area (Å²) >= 11 is 0. The van der Waals surface area contributed by atoms with E-state index in [4.69, 9.17) is 5.73 Å². The molecule has 0 aromatic heterocycles. The maximum atomic E-state index is 5.93. The van der Waals surface area contributed by atoms with Crippen LogP contribution in [0.3, 0.4) is 0 Å². The molecule has 0 bridgehead atoms. The maximum Gasteiger partial charge on any atom is 0.0342 e. The highest BCUT2D eigenvalue weighted by atomic mass is 14.9. The molecule has 2 unspecified atom stereocenters. The molecule has 0 radical (unpaired) electrons. The molecule has 3 N–H and O–H groups in total. The monoisotopic (exact) mass is 246 g/mol. The Balaban J connectivity index is 1.80. The van der Waals surface area contributed by atoms with Crippen LogP contribution in [-0.2, 0) is 6.42 Å². The van der Waals surface area contributed by atoms with E-state index < -0.39 is 0 Å². The van der Waals surface area contributed by atoms with Gasteiger partial charge in [0.25, 0.3) is 0 Å². The average molecular weight is 246 g/mol. The second-order valence-electron chi connectivity index (χ2n) is 5.57. The van der Waals surface area contributed by atoms with E-state index in [0.717, 1.165) is 12.8 Å². The fraction of sp³-hybridized carbons (Fsp3) is 0.625. The molecule has 18 heavy (non-hydrogen) atoms. The Hall–Kier alpha value is -1.02. The number of anilines is 1. The Labute approximate surface area is 111 Å². The van der Waals surface area contributed by atoms with Crippen molar-refractivity contribution in [2.45, 2.75) is 64.0 Å². The van der Waals surface area contributed by atoms with Gasteiger partial charge in [0.1, 0.15) is 0 Å². The summed E-state index contributed by atoms with van der Waals surface area (Å²) in [6, 6.07) is 9.91. The summed E-state index contributed by atoms with van der Waals surface area (Å²) in [5, 5.41) is 3.59. The number of nitrogens with two attached hydrogens (primary N) is 1. The summed E-state index contributed by atoms with van der Waals surface area (Å²) < 4.78 is 0. The largest absolute Gasteiger partial charge is 0.382 e. The second kappa shape index (κ2) is 6.79. The predicted octanol–water partition coefficient (Wildman–Crippen LogP) is 3.71. The Kier molecular flexibility index (Phi) is 5.06. The molecule has 1 fully saturated rings. The lowest BCUT2D eigenvalue weighted by molar-refractivity contribution is 0.688. The molecule has 1 saturated carbocycles. The molecule has 2 nitrogen and oxygen atoms in total. The molecule has 1 aliphatic carbocycles. The number of unbranched alkanes of at least 4 members (excludes halogenated alkanes) is 2. The van der Waals surface area contributed by atoms with Crippen LogP contribution in [-0.4, -0.2) is 12.1 Å². The molecule has 0 saturated heterocycles. The number of rotatable bonds is 6. The van der Waals surface area contributed by atoms with Gasteiger partial charge in [0.2, 0.25) is 0 Å². The Morgan fingerprint density at radius 3 is 2.56 bits per heavy atom. The Bertz CT molecular complexity index is 345. The number of aryl methyl sites for hydroxylation is 1. The van der Waals surface area contributed by atoms with E-state index in [-0.39, 0.29) is 0 Å². The minimum absolute atomic E-state index is 0.399. The molecule has 1 aliphatic rings. The van der Waals surface area contributed by atoms with Crippen LogP contribution in [0.2, 0.25) is 0 Å². The van der Waals surface area contributed by atoms with Crippen molar-refractivity contribution in [3.63, 3.8) is 0 Å². The van der Waals surface area contributed by atoms with Gasteiger partial charge in [0.15, 0.2) is 0 Å². The maximum absolute atomic E-state index is 5.93. The average Bonchev–Trinajstić information content (AvgIpc) is 2.77. The molecule has 2 atom stereocenters. The summed E-state index contributed by atoms with van der Waals surface area (Å²) in [7, 11) is 0. The second-order valence-corrected chi connectivity index (χ2v) is 5.57. The predicted molar refractivity (Wildman–Crippen MR) is 78.9 cm³/mol. The zero-order chi connectivity index (χ0) is 12.8. The third kappa shape index (κ3) is 4.02. The standard InChI is InChI=1S/C16H26N2/c1-2-3-4-5-13-6-9-15(10-7-13)18-16-11-8-14(17)12-16/h6-7,9-10,14,16,18H,2-5,8,11-12,17H2,1H3. The first-order valence-electron chi connectivity index (χ1n) is 7.39. The summed E-state index contributed by atoms with van der Waals surface area (Å²) in [4.78, 5) is 0. The van der Waals surface area contributed by atoms with E-state index in [2.05, 4.69) is 36.5 Å². The van der Waals surface area contributed by atoms with Crippen molar-refractivity contribution in [2.75, 3.05) is 5.32 Å². The van der Waals surface area contributed by atoms with Gasteiger partial charge in [-0.15, -0.1) is 0 Å². The molecular weight excluding hydrogens is 220 g/mol. The van der Waals surface area contributed by atoms with Crippen molar-refractivity contribution in [1.29, 1.82) is 0 Å². The smallest absolute Gasteiger partial charge is 0.0342 e. The summed E-state index contributed by atoms with van der Waals surface area (Å²) in [6.07, 6.45) is 8.62. The first kappa shape index (κ1) is 13.4. The van der Waals surface area contributed by atoms with Crippen LogP contribution in [0, 0.1) is 0 Å². The van der Waals surface area contributed by atoms with Crippen molar-refractivity contribution in [3.8, 4) is 0 Å². The molecule has 0 spiro atoms. The van der Waals surface area contributed by atoms with Gasteiger partial charge in [0, 0.05) is 17.8 Å². The van der Waals surface area contributed by atoms with Gasteiger partial charge in [-0.05, 0) is 49.8 Å². The molecule has 0 amide bonds. The van der Waals surface area contributed by atoms with Crippen LogP contribution in [0.1, 0.15) is 51.0 Å². The van der Waals surface area contributed by atoms with Gasteiger partial charge in [0.05, 0.1) is 0 Å². The summed E-state index contributed by atoms with van der Waals surface area (Å²) in [5.74, 6) is 0. The van der Waals surface area contributed by atoms with Gasteiger partial charge in [-0.25, -0.2) is 0 Å². The summed E-state index contributed by atoms with van der Waals surface area (Å²) in [5.41, 5.74) is 8.63. The van der Waals surface area contributed by atoms with Crippen molar-refractivity contribution < 1.29 is 0 Å². The minimum atomic E-state index is 0.399. The highest BCUT2D eigenvalue weighted by Gasteiger charge is 2.21. The molecular formula is C16H26N2. The lowest BCUT2D eigenvalue weighted by Gasteiger charge is -2.14. The summed E-state index contributed by atoms with van der Waals surface area (Å²) in [6.45, 7) is 2.25. The topological polar surface area (TPSA) is 38.0 Å². The number of nitrogens with one attached hydrogen (secondary N) is 1. The number of hydrogen-bond acceptors (Lipinski definition) is 2. The van der Waals surface area contributed by atoms with E-state index in [0.29, 0.717) is 12.1 Å². The Morgan fingerprint density at radius 2 is 1.94 bits per heavy atom.